The number of benzene rings is 2. The minimum absolute atomic E-state index is 0.0341. The Hall–Kier alpha value is -3.76. The molecule has 0 bridgehead atoms. The molecule has 0 spiro atoms. The number of rotatable bonds is 12. The van der Waals surface area contributed by atoms with Gasteiger partial charge in [0.1, 0.15) is 18.1 Å². The summed E-state index contributed by atoms with van der Waals surface area (Å²) in [6.45, 7) is 6.09. The Kier molecular flexibility index (Phi) is 9.41. The second-order valence-electron chi connectivity index (χ2n) is 9.55. The van der Waals surface area contributed by atoms with Crippen molar-refractivity contribution >= 4 is 34.4 Å². The molecule has 0 radical (unpaired) electrons. The third kappa shape index (κ3) is 7.05. The van der Waals surface area contributed by atoms with E-state index < -0.39 is 0 Å². The Morgan fingerprint density at radius 3 is 2.60 bits per heavy atom. The summed E-state index contributed by atoms with van der Waals surface area (Å²) in [5, 5.41) is 0.875. The van der Waals surface area contributed by atoms with Crippen molar-refractivity contribution in [3.63, 3.8) is 0 Å². The SMILES string of the molecule is COc1ccc(N2CCN(C(=O)COCCCOc3ccnc(CSc4nc5ccccc5[nH]4)c3C)CC2)cc1. The monoisotopic (exact) mass is 561 g/mol. The van der Waals surface area contributed by atoms with Crippen LogP contribution in [0.1, 0.15) is 17.7 Å². The number of H-pyrrole nitrogens is 1. The van der Waals surface area contributed by atoms with Gasteiger partial charge in [0.15, 0.2) is 5.16 Å². The van der Waals surface area contributed by atoms with Gasteiger partial charge < -0.3 is 29.0 Å². The van der Waals surface area contributed by atoms with E-state index in [2.05, 4.69) is 32.0 Å². The van der Waals surface area contributed by atoms with E-state index in [1.807, 2.05) is 54.3 Å². The first-order valence-corrected chi connectivity index (χ1v) is 14.5. The molecule has 1 fully saturated rings. The van der Waals surface area contributed by atoms with Crippen molar-refractivity contribution in [1.29, 1.82) is 0 Å². The van der Waals surface area contributed by atoms with Crippen molar-refractivity contribution in [3.05, 3.63) is 72.1 Å². The molecule has 0 atom stereocenters. The predicted molar refractivity (Wildman–Crippen MR) is 157 cm³/mol. The van der Waals surface area contributed by atoms with Gasteiger partial charge >= 0.3 is 0 Å². The summed E-state index contributed by atoms with van der Waals surface area (Å²) in [4.78, 5) is 29.3. The van der Waals surface area contributed by atoms with Crippen LogP contribution in [0.2, 0.25) is 0 Å². The highest BCUT2D eigenvalue weighted by atomic mass is 32.2. The first-order chi connectivity index (χ1) is 19.6. The third-order valence-electron chi connectivity index (χ3n) is 6.96. The number of carbonyl (C=O) groups is 1. The molecule has 9 nitrogen and oxygen atoms in total. The minimum atomic E-state index is 0.0341. The smallest absolute Gasteiger partial charge is 0.248 e. The fourth-order valence-electron chi connectivity index (χ4n) is 4.60. The molecule has 1 amide bonds. The number of piperazine rings is 1. The van der Waals surface area contributed by atoms with E-state index in [4.69, 9.17) is 14.2 Å². The number of thioether (sulfide) groups is 1. The maximum atomic E-state index is 12.6. The molecular weight excluding hydrogens is 526 g/mol. The average molecular weight is 562 g/mol. The van der Waals surface area contributed by atoms with Gasteiger partial charge in [0.2, 0.25) is 5.91 Å². The summed E-state index contributed by atoms with van der Waals surface area (Å²) in [6, 6.07) is 17.9. The Bertz CT molecular complexity index is 1370. The topological polar surface area (TPSA) is 92.8 Å². The van der Waals surface area contributed by atoms with Gasteiger partial charge in [-0.3, -0.25) is 9.78 Å². The quantitative estimate of drug-likeness (QED) is 0.197. The van der Waals surface area contributed by atoms with E-state index >= 15 is 0 Å². The molecular formula is C30H35N5O4S. The Labute approximate surface area is 238 Å². The zero-order chi connectivity index (χ0) is 27.7. The molecule has 1 aliphatic rings. The predicted octanol–water partition coefficient (Wildman–Crippen LogP) is 4.70. The number of aromatic amines is 1. The van der Waals surface area contributed by atoms with Crippen LogP contribution in [0.5, 0.6) is 11.5 Å². The maximum Gasteiger partial charge on any atom is 0.248 e. The molecule has 2 aromatic carbocycles. The molecule has 1 aliphatic heterocycles. The number of amides is 1. The number of hydrogen-bond donors (Lipinski definition) is 1. The molecule has 3 heterocycles. The van der Waals surface area contributed by atoms with Gasteiger partial charge in [-0.15, -0.1) is 0 Å². The van der Waals surface area contributed by atoms with Crippen molar-refractivity contribution in [2.45, 2.75) is 24.3 Å². The second-order valence-corrected chi connectivity index (χ2v) is 10.5. The van der Waals surface area contributed by atoms with Crippen LogP contribution in [-0.4, -0.2) is 78.9 Å². The fraction of sp³-hybridized carbons (Fsp3) is 0.367. The van der Waals surface area contributed by atoms with Crippen LogP contribution in [0.25, 0.3) is 11.0 Å². The number of nitrogens with one attached hydrogen (secondary N) is 1. The van der Waals surface area contributed by atoms with Crippen molar-refractivity contribution in [3.8, 4) is 11.5 Å². The standard InChI is InChI=1S/C30H35N5O4S/c1-22-27(21-40-30-32-25-6-3-4-7-26(25)33-30)31-13-12-28(22)39-19-5-18-38-20-29(36)35-16-14-34(15-17-35)23-8-10-24(37-2)11-9-23/h3-4,6-13H,5,14-21H2,1-2H3,(H,32,33). The number of para-hydroxylation sites is 2. The third-order valence-corrected chi connectivity index (χ3v) is 7.84. The first-order valence-electron chi connectivity index (χ1n) is 13.5. The molecule has 10 heteroatoms. The summed E-state index contributed by atoms with van der Waals surface area (Å²) < 4.78 is 16.9. The summed E-state index contributed by atoms with van der Waals surface area (Å²) in [5.41, 5.74) is 5.13. The van der Waals surface area contributed by atoms with E-state index in [0.29, 0.717) is 38.5 Å². The normalized spacial score (nSPS) is 13.6. The van der Waals surface area contributed by atoms with Gasteiger partial charge in [-0.25, -0.2) is 4.98 Å². The molecule has 5 rings (SSSR count). The zero-order valence-corrected chi connectivity index (χ0v) is 23.8. The van der Waals surface area contributed by atoms with Crippen molar-refractivity contribution < 1.29 is 19.0 Å². The lowest BCUT2D eigenvalue weighted by Crippen LogP contribution is -2.49. The molecule has 0 unspecified atom stereocenters. The van der Waals surface area contributed by atoms with E-state index in [0.717, 1.165) is 57.7 Å². The van der Waals surface area contributed by atoms with Gasteiger partial charge in [-0.2, -0.15) is 0 Å². The van der Waals surface area contributed by atoms with Crippen molar-refractivity contribution in [2.24, 2.45) is 0 Å². The lowest BCUT2D eigenvalue weighted by molar-refractivity contribution is -0.136. The largest absolute Gasteiger partial charge is 0.497 e. The number of hydrogen-bond acceptors (Lipinski definition) is 8. The number of pyridine rings is 1. The number of fused-ring (bicyclic) bond motifs is 1. The van der Waals surface area contributed by atoms with Crippen LogP contribution in [0.15, 0.2) is 66.0 Å². The maximum absolute atomic E-state index is 12.6. The fourth-order valence-corrected chi connectivity index (χ4v) is 5.51. The highest BCUT2D eigenvalue weighted by Gasteiger charge is 2.21. The highest BCUT2D eigenvalue weighted by Crippen LogP contribution is 2.27. The van der Waals surface area contributed by atoms with E-state index in [1.165, 1.54) is 0 Å². The van der Waals surface area contributed by atoms with E-state index in [-0.39, 0.29) is 12.5 Å². The van der Waals surface area contributed by atoms with Crippen LogP contribution >= 0.6 is 11.8 Å². The number of carbonyl (C=O) groups excluding carboxylic acids is 1. The summed E-state index contributed by atoms with van der Waals surface area (Å²) >= 11 is 1.62. The van der Waals surface area contributed by atoms with Gasteiger partial charge in [0, 0.05) is 55.8 Å². The number of ether oxygens (including phenoxy) is 3. The lowest BCUT2D eigenvalue weighted by atomic mass is 10.2. The van der Waals surface area contributed by atoms with Crippen LogP contribution in [-0.2, 0) is 15.3 Å². The molecule has 1 saturated heterocycles. The second kappa shape index (κ2) is 13.5. The molecule has 2 aromatic heterocycles. The van der Waals surface area contributed by atoms with E-state index in [9.17, 15) is 4.79 Å². The lowest BCUT2D eigenvalue weighted by Gasteiger charge is -2.36. The minimum Gasteiger partial charge on any atom is -0.497 e. The number of nitrogens with zero attached hydrogens (tertiary/aromatic N) is 4. The Morgan fingerprint density at radius 2 is 1.82 bits per heavy atom. The van der Waals surface area contributed by atoms with Crippen LogP contribution in [0, 0.1) is 6.92 Å². The number of imidazole rings is 1. The van der Waals surface area contributed by atoms with Crippen LogP contribution in [0.3, 0.4) is 0 Å². The van der Waals surface area contributed by atoms with Crippen molar-refractivity contribution in [2.75, 3.05) is 58.0 Å². The summed E-state index contributed by atoms with van der Waals surface area (Å²) in [7, 11) is 1.66. The van der Waals surface area contributed by atoms with Gasteiger partial charge in [-0.05, 0) is 49.4 Å². The Balaban J connectivity index is 0.985. The van der Waals surface area contributed by atoms with Gasteiger partial charge in [0.05, 0.1) is 37.1 Å². The van der Waals surface area contributed by atoms with Crippen LogP contribution in [0.4, 0.5) is 5.69 Å². The highest BCUT2D eigenvalue weighted by molar-refractivity contribution is 7.98. The molecule has 40 heavy (non-hydrogen) atoms. The number of aromatic nitrogens is 3. The summed E-state index contributed by atoms with van der Waals surface area (Å²) in [5.74, 6) is 2.39. The molecule has 210 valence electrons. The van der Waals surface area contributed by atoms with Crippen LogP contribution < -0.4 is 14.4 Å². The number of methoxy groups -OCH3 is 1. The summed E-state index contributed by atoms with van der Waals surface area (Å²) in [6.07, 6.45) is 2.48. The van der Waals surface area contributed by atoms with Gasteiger partial charge in [0.25, 0.3) is 0 Å². The average Bonchev–Trinajstić information content (AvgIpc) is 3.42. The zero-order valence-electron chi connectivity index (χ0n) is 23.0. The molecule has 0 aliphatic carbocycles. The molecule has 0 saturated carbocycles. The van der Waals surface area contributed by atoms with E-state index in [1.54, 1.807) is 25.1 Å². The molecule has 4 aromatic rings. The number of anilines is 1. The molecule has 1 N–H and O–H groups in total. The first kappa shape index (κ1) is 27.8. The van der Waals surface area contributed by atoms with Gasteiger partial charge in [-0.1, -0.05) is 23.9 Å². The van der Waals surface area contributed by atoms with Crippen molar-refractivity contribution in [1.82, 2.24) is 19.9 Å². The Morgan fingerprint density at radius 1 is 1.02 bits per heavy atom.